The molecule has 2 rings (SSSR count). The van der Waals surface area contributed by atoms with Gasteiger partial charge in [0.1, 0.15) is 11.5 Å². The number of rotatable bonds is 4. The second-order valence-electron chi connectivity index (χ2n) is 5.17. The van der Waals surface area contributed by atoms with Crippen LogP contribution in [0.2, 0.25) is 0 Å². The highest BCUT2D eigenvalue weighted by Gasteiger charge is 2.25. The molecule has 1 aliphatic rings. The summed E-state index contributed by atoms with van der Waals surface area (Å²) < 4.78 is 15.4. The van der Waals surface area contributed by atoms with Crippen molar-refractivity contribution in [2.45, 2.75) is 6.92 Å². The number of carbonyl (C=O) groups is 2. The fraction of sp³-hybridized carbons (Fsp3) is 0.500. The second-order valence-corrected chi connectivity index (χ2v) is 5.17. The maximum Gasteiger partial charge on any atom is 0.409 e. The molecule has 0 saturated carbocycles. The largest absolute Gasteiger partial charge is 0.497 e. The van der Waals surface area contributed by atoms with Crippen LogP contribution in [-0.2, 0) is 4.74 Å². The van der Waals surface area contributed by atoms with Crippen molar-refractivity contribution >= 4 is 17.8 Å². The van der Waals surface area contributed by atoms with Crippen LogP contribution in [-0.4, -0.2) is 68.9 Å². The Morgan fingerprint density at radius 2 is 1.75 bits per heavy atom. The van der Waals surface area contributed by atoms with Gasteiger partial charge in [0.05, 0.1) is 26.5 Å². The number of nitrogens with one attached hydrogen (secondary N) is 1. The molecule has 132 valence electrons. The third-order valence-corrected chi connectivity index (χ3v) is 3.74. The lowest BCUT2D eigenvalue weighted by atomic mass is 10.2. The average Bonchev–Trinajstić information content (AvgIpc) is 2.62. The highest BCUT2D eigenvalue weighted by Crippen LogP contribution is 2.29. The topological polar surface area (TPSA) is 80.3 Å². The molecule has 1 saturated heterocycles. The maximum atomic E-state index is 12.4. The predicted molar refractivity (Wildman–Crippen MR) is 88.7 cm³/mol. The van der Waals surface area contributed by atoms with E-state index in [0.717, 1.165) is 0 Å². The van der Waals surface area contributed by atoms with Gasteiger partial charge < -0.3 is 29.3 Å². The van der Waals surface area contributed by atoms with E-state index in [4.69, 9.17) is 14.2 Å². The van der Waals surface area contributed by atoms with E-state index in [2.05, 4.69) is 5.32 Å². The average molecular weight is 337 g/mol. The summed E-state index contributed by atoms with van der Waals surface area (Å²) in [7, 11) is 3.09. The number of piperazine rings is 1. The summed E-state index contributed by atoms with van der Waals surface area (Å²) in [6, 6.07) is 4.94. The first-order chi connectivity index (χ1) is 11.6. The molecule has 1 aliphatic heterocycles. The molecule has 0 bridgehead atoms. The van der Waals surface area contributed by atoms with Crippen LogP contribution in [0.25, 0.3) is 0 Å². The standard InChI is InChI=1S/C16H23N3O5/c1-4-24-16(21)19-9-7-18(8-10-19)15(20)17-13-11-12(22-2)5-6-14(13)23-3/h5-6,11H,4,7-10H2,1-3H3,(H,17,20). The Kier molecular flexibility index (Phi) is 6.11. The SMILES string of the molecule is CCOC(=O)N1CCN(C(=O)Nc2cc(OC)ccc2OC)CC1. The number of hydrogen-bond acceptors (Lipinski definition) is 5. The van der Waals surface area contributed by atoms with Crippen molar-refractivity contribution < 1.29 is 23.8 Å². The zero-order valence-electron chi connectivity index (χ0n) is 14.2. The van der Waals surface area contributed by atoms with Crippen LogP contribution >= 0.6 is 0 Å². The number of nitrogens with zero attached hydrogens (tertiary/aromatic N) is 2. The molecule has 0 radical (unpaired) electrons. The number of anilines is 1. The van der Waals surface area contributed by atoms with E-state index in [-0.39, 0.29) is 12.1 Å². The molecule has 0 unspecified atom stereocenters. The van der Waals surface area contributed by atoms with Crippen molar-refractivity contribution in [3.63, 3.8) is 0 Å². The Morgan fingerprint density at radius 3 is 2.33 bits per heavy atom. The minimum atomic E-state index is -0.341. The summed E-state index contributed by atoms with van der Waals surface area (Å²) in [5.41, 5.74) is 0.537. The molecule has 0 aliphatic carbocycles. The first-order valence-electron chi connectivity index (χ1n) is 7.78. The molecule has 0 atom stereocenters. The van der Waals surface area contributed by atoms with E-state index < -0.39 is 0 Å². The summed E-state index contributed by atoms with van der Waals surface area (Å²) in [6.45, 7) is 3.88. The minimum Gasteiger partial charge on any atom is -0.497 e. The number of urea groups is 1. The smallest absolute Gasteiger partial charge is 0.409 e. The first-order valence-corrected chi connectivity index (χ1v) is 7.78. The quantitative estimate of drug-likeness (QED) is 0.909. The summed E-state index contributed by atoms with van der Waals surface area (Å²) in [4.78, 5) is 27.3. The summed E-state index contributed by atoms with van der Waals surface area (Å²) in [6.07, 6.45) is -0.341. The fourth-order valence-corrected chi connectivity index (χ4v) is 2.41. The number of amides is 3. The first kappa shape index (κ1) is 17.7. The van der Waals surface area contributed by atoms with Crippen LogP contribution in [0.4, 0.5) is 15.3 Å². The van der Waals surface area contributed by atoms with Crippen molar-refractivity contribution in [1.82, 2.24) is 9.80 Å². The van der Waals surface area contributed by atoms with Gasteiger partial charge >= 0.3 is 12.1 Å². The van der Waals surface area contributed by atoms with Crippen LogP contribution in [0.15, 0.2) is 18.2 Å². The number of hydrogen-bond donors (Lipinski definition) is 1. The Morgan fingerprint density at radius 1 is 1.08 bits per heavy atom. The predicted octanol–water partition coefficient (Wildman–Crippen LogP) is 2.01. The monoisotopic (exact) mass is 337 g/mol. The van der Waals surface area contributed by atoms with Crippen molar-refractivity contribution in [1.29, 1.82) is 0 Å². The van der Waals surface area contributed by atoms with E-state index >= 15 is 0 Å². The highest BCUT2D eigenvalue weighted by molar-refractivity contribution is 5.91. The molecule has 1 N–H and O–H groups in total. The van der Waals surface area contributed by atoms with Crippen molar-refractivity contribution in [3.8, 4) is 11.5 Å². The van der Waals surface area contributed by atoms with Crippen LogP contribution in [0.1, 0.15) is 6.92 Å². The van der Waals surface area contributed by atoms with Crippen molar-refractivity contribution in [2.24, 2.45) is 0 Å². The van der Waals surface area contributed by atoms with Gasteiger partial charge in [0, 0.05) is 32.2 Å². The Bertz CT molecular complexity index is 585. The highest BCUT2D eigenvalue weighted by atomic mass is 16.6. The van der Waals surface area contributed by atoms with Gasteiger partial charge in [-0.1, -0.05) is 0 Å². The van der Waals surface area contributed by atoms with Gasteiger partial charge in [-0.15, -0.1) is 0 Å². The van der Waals surface area contributed by atoms with Crippen LogP contribution in [0, 0.1) is 0 Å². The third kappa shape index (κ3) is 4.21. The molecular weight excluding hydrogens is 314 g/mol. The van der Waals surface area contributed by atoms with Gasteiger partial charge in [0.2, 0.25) is 0 Å². The lowest BCUT2D eigenvalue weighted by Gasteiger charge is -2.34. The minimum absolute atomic E-state index is 0.245. The molecule has 1 aromatic rings. The van der Waals surface area contributed by atoms with Gasteiger partial charge in [-0.3, -0.25) is 0 Å². The van der Waals surface area contributed by atoms with Gasteiger partial charge in [-0.05, 0) is 19.1 Å². The van der Waals surface area contributed by atoms with E-state index in [1.807, 2.05) is 0 Å². The third-order valence-electron chi connectivity index (χ3n) is 3.74. The number of benzene rings is 1. The van der Waals surface area contributed by atoms with E-state index in [0.29, 0.717) is 50.0 Å². The Labute approximate surface area is 141 Å². The number of ether oxygens (including phenoxy) is 3. The summed E-state index contributed by atoms with van der Waals surface area (Å²) in [5.74, 6) is 1.17. The van der Waals surface area contributed by atoms with Gasteiger partial charge in [0.15, 0.2) is 0 Å². The van der Waals surface area contributed by atoms with Gasteiger partial charge in [0.25, 0.3) is 0 Å². The molecule has 1 heterocycles. The van der Waals surface area contributed by atoms with Crippen molar-refractivity contribution in [2.75, 3.05) is 52.3 Å². The summed E-state index contributed by atoms with van der Waals surface area (Å²) >= 11 is 0. The molecule has 1 aromatic carbocycles. The normalized spacial score (nSPS) is 14.1. The molecule has 0 spiro atoms. The molecule has 1 fully saturated rings. The zero-order valence-corrected chi connectivity index (χ0v) is 14.2. The fourth-order valence-electron chi connectivity index (χ4n) is 2.41. The van der Waals surface area contributed by atoms with Crippen LogP contribution < -0.4 is 14.8 Å². The zero-order chi connectivity index (χ0) is 17.5. The van der Waals surface area contributed by atoms with E-state index in [1.54, 1.807) is 42.0 Å². The number of methoxy groups -OCH3 is 2. The molecular formula is C16H23N3O5. The lowest BCUT2D eigenvalue weighted by molar-refractivity contribution is 0.0868. The van der Waals surface area contributed by atoms with Crippen LogP contribution in [0.5, 0.6) is 11.5 Å². The Balaban J connectivity index is 1.95. The second kappa shape index (κ2) is 8.28. The molecule has 8 heteroatoms. The number of carbonyl (C=O) groups excluding carboxylic acids is 2. The Hall–Kier alpha value is -2.64. The van der Waals surface area contributed by atoms with E-state index in [9.17, 15) is 9.59 Å². The lowest BCUT2D eigenvalue weighted by Crippen LogP contribution is -2.51. The molecule has 0 aromatic heterocycles. The van der Waals surface area contributed by atoms with Gasteiger partial charge in [-0.2, -0.15) is 0 Å². The summed E-state index contributed by atoms with van der Waals surface area (Å²) in [5, 5.41) is 2.82. The molecule has 8 nitrogen and oxygen atoms in total. The van der Waals surface area contributed by atoms with Gasteiger partial charge in [-0.25, -0.2) is 9.59 Å². The maximum absolute atomic E-state index is 12.4. The van der Waals surface area contributed by atoms with E-state index in [1.165, 1.54) is 7.11 Å². The van der Waals surface area contributed by atoms with Crippen LogP contribution in [0.3, 0.4) is 0 Å². The molecule has 3 amide bonds. The molecule has 24 heavy (non-hydrogen) atoms. The van der Waals surface area contributed by atoms with Crippen molar-refractivity contribution in [3.05, 3.63) is 18.2 Å².